The van der Waals surface area contributed by atoms with Crippen molar-refractivity contribution in [3.63, 3.8) is 0 Å². The fourth-order valence-corrected chi connectivity index (χ4v) is 2.05. The molecule has 21 heavy (non-hydrogen) atoms. The number of hydrogen-bond acceptors (Lipinski definition) is 2. The minimum atomic E-state index is -0.492. The summed E-state index contributed by atoms with van der Waals surface area (Å²) in [7, 11) is 0. The Hall–Kier alpha value is -2.29. The third-order valence-electron chi connectivity index (χ3n) is 3.25. The van der Waals surface area contributed by atoms with Crippen molar-refractivity contribution in [2.45, 2.75) is 33.3 Å². The lowest BCUT2D eigenvalue weighted by molar-refractivity contribution is -0.122. The first-order chi connectivity index (χ1) is 10.1. The molecule has 3 heteroatoms. The zero-order valence-corrected chi connectivity index (χ0v) is 12.7. The summed E-state index contributed by atoms with van der Waals surface area (Å²) < 4.78 is 5.77. The molecule has 0 heterocycles. The van der Waals surface area contributed by atoms with E-state index in [9.17, 15) is 4.79 Å². The van der Waals surface area contributed by atoms with Crippen molar-refractivity contribution in [2.75, 3.05) is 5.32 Å². The highest BCUT2D eigenvalue weighted by atomic mass is 16.5. The molecule has 1 atom stereocenters. The van der Waals surface area contributed by atoms with Crippen molar-refractivity contribution < 1.29 is 9.53 Å². The quantitative estimate of drug-likeness (QED) is 0.897. The molecular weight excluding hydrogens is 262 g/mol. The van der Waals surface area contributed by atoms with Crippen molar-refractivity contribution in [1.82, 2.24) is 0 Å². The van der Waals surface area contributed by atoms with Crippen LogP contribution >= 0.6 is 0 Å². The smallest absolute Gasteiger partial charge is 0.265 e. The van der Waals surface area contributed by atoms with Crippen molar-refractivity contribution in [3.8, 4) is 5.75 Å². The number of rotatable bonds is 5. The molecule has 0 bridgehead atoms. The Kier molecular flexibility index (Phi) is 4.99. The highest BCUT2D eigenvalue weighted by Crippen LogP contribution is 2.16. The van der Waals surface area contributed by atoms with Crippen LogP contribution in [0.25, 0.3) is 0 Å². The SMILES string of the molecule is CC[C@@H](Oc1ccc(C)cc1)C(=O)Nc1cccc(C)c1. The predicted octanol–water partition coefficient (Wildman–Crippen LogP) is 4.10. The van der Waals surface area contributed by atoms with Gasteiger partial charge in [0.15, 0.2) is 6.10 Å². The van der Waals surface area contributed by atoms with Gasteiger partial charge in [-0.05, 0) is 50.1 Å². The first-order valence-corrected chi connectivity index (χ1v) is 7.19. The normalized spacial score (nSPS) is 11.8. The Morgan fingerprint density at radius 2 is 1.81 bits per heavy atom. The van der Waals surface area contributed by atoms with Crippen LogP contribution in [0.1, 0.15) is 24.5 Å². The summed E-state index contributed by atoms with van der Waals surface area (Å²) >= 11 is 0. The van der Waals surface area contributed by atoms with Gasteiger partial charge in [0.25, 0.3) is 5.91 Å². The number of amides is 1. The van der Waals surface area contributed by atoms with Crippen molar-refractivity contribution in [3.05, 3.63) is 59.7 Å². The monoisotopic (exact) mass is 283 g/mol. The highest BCUT2D eigenvalue weighted by Gasteiger charge is 2.18. The zero-order chi connectivity index (χ0) is 15.2. The Morgan fingerprint density at radius 1 is 1.10 bits per heavy atom. The van der Waals surface area contributed by atoms with E-state index in [0.29, 0.717) is 12.2 Å². The molecule has 2 aromatic rings. The van der Waals surface area contributed by atoms with Crippen LogP contribution in [0.2, 0.25) is 0 Å². The van der Waals surface area contributed by atoms with Gasteiger partial charge in [-0.1, -0.05) is 36.8 Å². The van der Waals surface area contributed by atoms with Gasteiger partial charge in [0.2, 0.25) is 0 Å². The Balaban J connectivity index is 2.03. The number of anilines is 1. The predicted molar refractivity (Wildman–Crippen MR) is 85.7 cm³/mol. The molecule has 0 saturated carbocycles. The minimum absolute atomic E-state index is 0.122. The van der Waals surface area contributed by atoms with Gasteiger partial charge in [-0.15, -0.1) is 0 Å². The summed E-state index contributed by atoms with van der Waals surface area (Å²) in [6.45, 7) is 5.95. The van der Waals surface area contributed by atoms with E-state index in [-0.39, 0.29) is 5.91 Å². The van der Waals surface area contributed by atoms with E-state index in [1.54, 1.807) is 0 Å². The van der Waals surface area contributed by atoms with Crippen molar-refractivity contribution in [1.29, 1.82) is 0 Å². The van der Waals surface area contributed by atoms with E-state index in [1.165, 1.54) is 5.56 Å². The van der Waals surface area contributed by atoms with Crippen molar-refractivity contribution >= 4 is 11.6 Å². The molecule has 0 spiro atoms. The number of aryl methyl sites for hydroxylation is 2. The maximum absolute atomic E-state index is 12.3. The van der Waals surface area contributed by atoms with Crippen molar-refractivity contribution in [2.24, 2.45) is 0 Å². The van der Waals surface area contributed by atoms with Gasteiger partial charge in [0, 0.05) is 5.69 Å². The average molecular weight is 283 g/mol. The Bertz CT molecular complexity index is 605. The molecule has 2 rings (SSSR count). The second-order valence-electron chi connectivity index (χ2n) is 5.19. The topological polar surface area (TPSA) is 38.3 Å². The summed E-state index contributed by atoms with van der Waals surface area (Å²) in [4.78, 5) is 12.3. The van der Waals surface area contributed by atoms with E-state index in [4.69, 9.17) is 4.74 Å². The summed E-state index contributed by atoms with van der Waals surface area (Å²) in [6.07, 6.45) is 0.124. The van der Waals surface area contributed by atoms with Gasteiger partial charge in [0.1, 0.15) is 5.75 Å². The number of carbonyl (C=O) groups excluding carboxylic acids is 1. The summed E-state index contributed by atoms with van der Waals surface area (Å²) in [5.41, 5.74) is 3.07. The van der Waals surface area contributed by atoms with Crippen LogP contribution in [0.4, 0.5) is 5.69 Å². The van der Waals surface area contributed by atoms with E-state index in [2.05, 4.69) is 5.32 Å². The lowest BCUT2D eigenvalue weighted by Gasteiger charge is -2.17. The second-order valence-corrected chi connectivity index (χ2v) is 5.19. The largest absolute Gasteiger partial charge is 0.481 e. The van der Waals surface area contributed by atoms with Gasteiger partial charge in [-0.3, -0.25) is 4.79 Å². The number of ether oxygens (including phenoxy) is 1. The van der Waals surface area contributed by atoms with Crippen LogP contribution in [0.3, 0.4) is 0 Å². The van der Waals surface area contributed by atoms with Crippen LogP contribution in [0.5, 0.6) is 5.75 Å². The molecule has 0 aliphatic heterocycles. The molecule has 0 saturated heterocycles. The first kappa shape index (κ1) is 15.1. The van der Waals surface area contributed by atoms with E-state index >= 15 is 0 Å². The number of carbonyl (C=O) groups is 1. The molecule has 0 aliphatic rings. The standard InChI is InChI=1S/C18H21NO2/c1-4-17(21-16-10-8-13(2)9-11-16)18(20)19-15-7-5-6-14(3)12-15/h5-12,17H,4H2,1-3H3,(H,19,20)/t17-/m1/s1. The summed E-state index contributed by atoms with van der Waals surface area (Å²) in [6, 6.07) is 15.5. The maximum atomic E-state index is 12.3. The summed E-state index contributed by atoms with van der Waals surface area (Å²) in [5.74, 6) is 0.593. The Morgan fingerprint density at radius 3 is 2.43 bits per heavy atom. The number of nitrogens with one attached hydrogen (secondary N) is 1. The van der Waals surface area contributed by atoms with Crippen LogP contribution in [0, 0.1) is 13.8 Å². The molecule has 0 aliphatic carbocycles. The molecule has 0 radical (unpaired) electrons. The number of benzene rings is 2. The van der Waals surface area contributed by atoms with Crippen LogP contribution in [-0.4, -0.2) is 12.0 Å². The Labute approximate surface area is 126 Å². The van der Waals surface area contributed by atoms with Gasteiger partial charge in [-0.2, -0.15) is 0 Å². The van der Waals surface area contributed by atoms with Gasteiger partial charge in [0.05, 0.1) is 0 Å². The lowest BCUT2D eigenvalue weighted by Crippen LogP contribution is -2.32. The third-order valence-corrected chi connectivity index (χ3v) is 3.25. The molecule has 1 N–H and O–H groups in total. The molecule has 3 nitrogen and oxygen atoms in total. The van der Waals surface area contributed by atoms with E-state index in [0.717, 1.165) is 11.3 Å². The molecule has 110 valence electrons. The third kappa shape index (κ3) is 4.35. The first-order valence-electron chi connectivity index (χ1n) is 7.19. The van der Waals surface area contributed by atoms with Gasteiger partial charge in [-0.25, -0.2) is 0 Å². The van der Waals surface area contributed by atoms with Gasteiger partial charge < -0.3 is 10.1 Å². The molecule has 0 aromatic heterocycles. The van der Waals surface area contributed by atoms with Crippen LogP contribution < -0.4 is 10.1 Å². The number of hydrogen-bond donors (Lipinski definition) is 1. The van der Waals surface area contributed by atoms with E-state index in [1.807, 2.05) is 69.3 Å². The fraction of sp³-hybridized carbons (Fsp3) is 0.278. The maximum Gasteiger partial charge on any atom is 0.265 e. The van der Waals surface area contributed by atoms with Gasteiger partial charge >= 0.3 is 0 Å². The van der Waals surface area contributed by atoms with Crippen LogP contribution in [-0.2, 0) is 4.79 Å². The second kappa shape index (κ2) is 6.93. The average Bonchev–Trinajstić information content (AvgIpc) is 2.46. The molecule has 0 unspecified atom stereocenters. The fourth-order valence-electron chi connectivity index (χ4n) is 2.05. The minimum Gasteiger partial charge on any atom is -0.481 e. The summed E-state index contributed by atoms with van der Waals surface area (Å²) in [5, 5.41) is 2.90. The molecule has 2 aromatic carbocycles. The highest BCUT2D eigenvalue weighted by molar-refractivity contribution is 5.94. The molecular formula is C18H21NO2. The zero-order valence-electron chi connectivity index (χ0n) is 12.7. The van der Waals surface area contributed by atoms with E-state index < -0.39 is 6.10 Å². The molecule has 0 fully saturated rings. The van der Waals surface area contributed by atoms with Crippen LogP contribution in [0.15, 0.2) is 48.5 Å². The molecule has 1 amide bonds. The lowest BCUT2D eigenvalue weighted by atomic mass is 10.2.